The van der Waals surface area contributed by atoms with Crippen molar-refractivity contribution in [3.63, 3.8) is 0 Å². The third-order valence-electron chi connectivity index (χ3n) is 1.98. The number of nitrogens with two attached hydrogens (primary N) is 1. The molecule has 2 N–H and O–H groups in total. The van der Waals surface area contributed by atoms with Gasteiger partial charge in [0.05, 0.1) is 12.1 Å². The van der Waals surface area contributed by atoms with Gasteiger partial charge in [0.25, 0.3) is 0 Å². The van der Waals surface area contributed by atoms with Crippen molar-refractivity contribution in [2.24, 2.45) is 0 Å². The van der Waals surface area contributed by atoms with Crippen LogP contribution in [0.2, 0.25) is 0 Å². The number of piperidine rings is 1. The summed E-state index contributed by atoms with van der Waals surface area (Å²) >= 11 is 0. The molecule has 1 saturated heterocycles. The van der Waals surface area contributed by atoms with Gasteiger partial charge in [0.2, 0.25) is 0 Å². The quantitative estimate of drug-likeness (QED) is 0.472. The molecule has 0 aromatic rings. The average Bonchev–Trinajstić information content (AvgIpc) is 1.64. The van der Waals surface area contributed by atoms with Crippen molar-refractivity contribution in [3.05, 3.63) is 0 Å². The first kappa shape index (κ1) is 6.09. The fraction of sp³-hybridized carbons (Fsp3) is 1.00. The summed E-state index contributed by atoms with van der Waals surface area (Å²) in [5, 5.41) is 2.48. The van der Waals surface area contributed by atoms with Crippen molar-refractivity contribution < 1.29 is 5.32 Å². The summed E-state index contributed by atoms with van der Waals surface area (Å²) in [6.45, 7) is 4.63. The molecule has 1 heterocycles. The van der Waals surface area contributed by atoms with Gasteiger partial charge >= 0.3 is 0 Å². The maximum absolute atomic E-state index is 2.48. The lowest BCUT2D eigenvalue weighted by molar-refractivity contribution is -0.723. The third kappa shape index (κ3) is 1.48. The molecule has 1 aliphatic rings. The highest BCUT2D eigenvalue weighted by Gasteiger charge is 2.16. The number of hydrogen-bond donors (Lipinski definition) is 1. The van der Waals surface area contributed by atoms with Crippen LogP contribution in [0, 0.1) is 0 Å². The molecule has 0 aromatic heterocycles. The maximum Gasteiger partial charge on any atom is 0.0832 e. The highest BCUT2D eigenvalue weighted by atomic mass is 14.9. The highest BCUT2D eigenvalue weighted by molar-refractivity contribution is 4.57. The van der Waals surface area contributed by atoms with Gasteiger partial charge in [0, 0.05) is 0 Å². The van der Waals surface area contributed by atoms with Crippen LogP contribution in [0.4, 0.5) is 0 Å². The van der Waals surface area contributed by atoms with Crippen LogP contribution in [0.1, 0.15) is 33.1 Å². The van der Waals surface area contributed by atoms with Crippen LogP contribution in [0.15, 0.2) is 0 Å². The van der Waals surface area contributed by atoms with E-state index in [4.69, 9.17) is 0 Å². The summed E-state index contributed by atoms with van der Waals surface area (Å²) in [6, 6.07) is 1.78. The highest BCUT2D eigenvalue weighted by Crippen LogP contribution is 2.04. The topological polar surface area (TPSA) is 16.6 Å². The Morgan fingerprint density at radius 3 is 1.88 bits per heavy atom. The van der Waals surface area contributed by atoms with E-state index < -0.39 is 0 Å². The average molecular weight is 114 g/mol. The summed E-state index contributed by atoms with van der Waals surface area (Å²) in [7, 11) is 0. The lowest BCUT2D eigenvalue weighted by Gasteiger charge is -2.21. The first-order chi connectivity index (χ1) is 3.79. The van der Waals surface area contributed by atoms with Crippen LogP contribution >= 0.6 is 0 Å². The molecule has 48 valence electrons. The van der Waals surface area contributed by atoms with Gasteiger partial charge in [-0.3, -0.25) is 0 Å². The zero-order valence-corrected chi connectivity index (χ0v) is 5.85. The molecule has 8 heavy (non-hydrogen) atoms. The second kappa shape index (κ2) is 2.49. The van der Waals surface area contributed by atoms with E-state index in [0.717, 1.165) is 12.1 Å². The number of rotatable bonds is 0. The van der Waals surface area contributed by atoms with Crippen LogP contribution in [-0.4, -0.2) is 12.1 Å². The first-order valence-electron chi connectivity index (χ1n) is 3.64. The minimum absolute atomic E-state index is 0.888. The molecule has 1 aliphatic heterocycles. The molecular weight excluding hydrogens is 98.1 g/mol. The third-order valence-corrected chi connectivity index (χ3v) is 1.98. The van der Waals surface area contributed by atoms with Crippen molar-refractivity contribution in [2.45, 2.75) is 45.2 Å². The molecule has 0 unspecified atom stereocenters. The molecule has 1 nitrogen and oxygen atoms in total. The normalized spacial score (nSPS) is 39.8. The largest absolute Gasteiger partial charge is 0.342 e. The van der Waals surface area contributed by atoms with Crippen molar-refractivity contribution in [2.75, 3.05) is 0 Å². The molecule has 2 atom stereocenters. The Morgan fingerprint density at radius 2 is 1.62 bits per heavy atom. The van der Waals surface area contributed by atoms with E-state index in [1.165, 1.54) is 19.3 Å². The van der Waals surface area contributed by atoms with Gasteiger partial charge in [-0.15, -0.1) is 0 Å². The molecule has 0 radical (unpaired) electrons. The predicted octanol–water partition coefficient (Wildman–Crippen LogP) is 0.511. The number of hydrogen-bond acceptors (Lipinski definition) is 0. The summed E-state index contributed by atoms with van der Waals surface area (Å²) in [4.78, 5) is 0. The number of quaternary nitrogens is 1. The molecule has 1 rings (SSSR count). The van der Waals surface area contributed by atoms with Crippen molar-refractivity contribution in [3.8, 4) is 0 Å². The minimum atomic E-state index is 0.888. The van der Waals surface area contributed by atoms with Gasteiger partial charge < -0.3 is 5.32 Å². The van der Waals surface area contributed by atoms with E-state index in [1.807, 2.05) is 0 Å². The molecule has 1 fully saturated rings. The first-order valence-corrected chi connectivity index (χ1v) is 3.64. The fourth-order valence-electron chi connectivity index (χ4n) is 1.52. The molecule has 0 saturated carbocycles. The SMILES string of the molecule is C[C@@H]1CCC[C@@H](C)[NH2+]1. The lowest BCUT2D eigenvalue weighted by Crippen LogP contribution is -2.95. The maximum atomic E-state index is 2.48. The molecule has 0 amide bonds. The van der Waals surface area contributed by atoms with E-state index in [9.17, 15) is 0 Å². The van der Waals surface area contributed by atoms with Crippen molar-refractivity contribution in [1.29, 1.82) is 0 Å². The van der Waals surface area contributed by atoms with Gasteiger partial charge in [-0.1, -0.05) is 0 Å². The van der Waals surface area contributed by atoms with Gasteiger partial charge in [0.15, 0.2) is 0 Å². The molecule has 0 bridgehead atoms. The lowest BCUT2D eigenvalue weighted by atomic mass is 10.0. The van der Waals surface area contributed by atoms with Gasteiger partial charge in [-0.25, -0.2) is 0 Å². The molecule has 0 spiro atoms. The van der Waals surface area contributed by atoms with Gasteiger partial charge in [0.1, 0.15) is 0 Å². The van der Waals surface area contributed by atoms with Crippen molar-refractivity contribution in [1.82, 2.24) is 0 Å². The van der Waals surface area contributed by atoms with Crippen LogP contribution in [0.5, 0.6) is 0 Å². The minimum Gasteiger partial charge on any atom is -0.342 e. The van der Waals surface area contributed by atoms with E-state index in [0.29, 0.717) is 0 Å². The standard InChI is InChI=1S/C7H15N/c1-6-4-3-5-7(2)8-6/h6-8H,3-5H2,1-2H3/p+1/t6-,7-/m1/s1. The molecular formula is C7H16N+. The Kier molecular flexibility index (Phi) is 1.90. The van der Waals surface area contributed by atoms with Gasteiger partial charge in [-0.05, 0) is 33.1 Å². The Labute approximate surface area is 51.5 Å². The van der Waals surface area contributed by atoms with Crippen LogP contribution in [0.3, 0.4) is 0 Å². The second-order valence-electron chi connectivity index (χ2n) is 3.08. The Hall–Kier alpha value is -0.0400. The molecule has 0 aromatic carbocycles. The predicted molar refractivity (Wildman–Crippen MR) is 34.7 cm³/mol. The molecule has 1 heteroatoms. The zero-order chi connectivity index (χ0) is 5.98. The van der Waals surface area contributed by atoms with E-state index >= 15 is 0 Å². The Morgan fingerprint density at radius 1 is 1.12 bits per heavy atom. The van der Waals surface area contributed by atoms with Crippen LogP contribution < -0.4 is 5.32 Å². The summed E-state index contributed by atoms with van der Waals surface area (Å²) in [6.07, 6.45) is 4.29. The van der Waals surface area contributed by atoms with E-state index in [1.54, 1.807) is 0 Å². The zero-order valence-electron chi connectivity index (χ0n) is 5.85. The van der Waals surface area contributed by atoms with Crippen LogP contribution in [-0.2, 0) is 0 Å². The summed E-state index contributed by atoms with van der Waals surface area (Å²) < 4.78 is 0. The Balaban J connectivity index is 2.23. The smallest absolute Gasteiger partial charge is 0.0832 e. The second-order valence-corrected chi connectivity index (χ2v) is 3.08. The van der Waals surface area contributed by atoms with Crippen LogP contribution in [0.25, 0.3) is 0 Å². The van der Waals surface area contributed by atoms with E-state index in [-0.39, 0.29) is 0 Å². The van der Waals surface area contributed by atoms with Gasteiger partial charge in [-0.2, -0.15) is 0 Å². The Bertz CT molecular complexity index is 62.8. The van der Waals surface area contributed by atoms with E-state index in [2.05, 4.69) is 19.2 Å². The summed E-state index contributed by atoms with van der Waals surface area (Å²) in [5.74, 6) is 0. The summed E-state index contributed by atoms with van der Waals surface area (Å²) in [5.41, 5.74) is 0. The molecule has 0 aliphatic carbocycles. The van der Waals surface area contributed by atoms with Crippen molar-refractivity contribution >= 4 is 0 Å². The monoisotopic (exact) mass is 114 g/mol. The fourth-order valence-corrected chi connectivity index (χ4v) is 1.52.